The van der Waals surface area contributed by atoms with Crippen LogP contribution in [0.1, 0.15) is 23.2 Å². The number of carboxylic acids is 1. The Hall–Kier alpha value is -3.15. The first-order valence-corrected chi connectivity index (χ1v) is 7.42. The summed E-state index contributed by atoms with van der Waals surface area (Å²) in [6.45, 7) is 0. The molecule has 0 aromatic heterocycles. The van der Waals surface area contributed by atoms with Crippen LogP contribution in [0, 0.1) is 0 Å². The predicted octanol–water partition coefficient (Wildman–Crippen LogP) is 2.77. The first-order valence-electron chi connectivity index (χ1n) is 7.42. The minimum Gasteiger partial charge on any atom is -0.481 e. The maximum Gasteiger partial charge on any atom is 0.303 e. The number of amides is 2. The number of aliphatic carboxylic acids is 1. The van der Waals surface area contributed by atoms with E-state index in [2.05, 4.69) is 5.32 Å². The lowest BCUT2D eigenvalue weighted by Crippen LogP contribution is -2.26. The summed E-state index contributed by atoms with van der Waals surface area (Å²) in [5.74, 6) is -1.56. The molecule has 24 heavy (non-hydrogen) atoms. The van der Waals surface area contributed by atoms with E-state index in [0.717, 1.165) is 5.69 Å². The van der Waals surface area contributed by atoms with E-state index in [-0.39, 0.29) is 24.7 Å². The van der Waals surface area contributed by atoms with Crippen molar-refractivity contribution in [3.05, 3.63) is 60.2 Å². The highest BCUT2D eigenvalue weighted by Gasteiger charge is 2.13. The molecule has 2 N–H and O–H groups in total. The molecular weight excluding hydrogens is 308 g/mol. The van der Waals surface area contributed by atoms with Crippen LogP contribution in [0.4, 0.5) is 11.4 Å². The molecule has 0 fully saturated rings. The van der Waals surface area contributed by atoms with E-state index in [1.54, 1.807) is 36.2 Å². The first kappa shape index (κ1) is 17.2. The van der Waals surface area contributed by atoms with Crippen molar-refractivity contribution in [2.24, 2.45) is 0 Å². The van der Waals surface area contributed by atoms with E-state index in [4.69, 9.17) is 5.11 Å². The van der Waals surface area contributed by atoms with Crippen LogP contribution >= 0.6 is 0 Å². The van der Waals surface area contributed by atoms with E-state index in [0.29, 0.717) is 11.3 Å². The molecule has 2 aromatic rings. The molecule has 0 saturated carbocycles. The minimum atomic E-state index is -1.02. The molecule has 2 amide bonds. The van der Waals surface area contributed by atoms with Gasteiger partial charge in [-0.3, -0.25) is 14.4 Å². The van der Waals surface area contributed by atoms with Gasteiger partial charge in [0, 0.05) is 30.4 Å². The zero-order chi connectivity index (χ0) is 17.5. The maximum atomic E-state index is 12.4. The quantitative estimate of drug-likeness (QED) is 0.854. The molecule has 6 heteroatoms. The van der Waals surface area contributed by atoms with E-state index in [1.807, 2.05) is 30.3 Å². The normalized spacial score (nSPS) is 10.0. The largest absolute Gasteiger partial charge is 0.481 e. The second-order valence-corrected chi connectivity index (χ2v) is 5.22. The number of hydrogen-bond acceptors (Lipinski definition) is 3. The first-order chi connectivity index (χ1) is 11.5. The molecule has 2 aromatic carbocycles. The lowest BCUT2D eigenvalue weighted by molar-refractivity contribution is -0.138. The Labute approximate surface area is 139 Å². The topological polar surface area (TPSA) is 86.7 Å². The molecule has 0 spiro atoms. The van der Waals surface area contributed by atoms with E-state index in [1.165, 1.54) is 0 Å². The number of hydrogen-bond donors (Lipinski definition) is 2. The summed E-state index contributed by atoms with van der Waals surface area (Å²) < 4.78 is 0. The Kier molecular flexibility index (Phi) is 5.68. The van der Waals surface area contributed by atoms with Gasteiger partial charge in [0.2, 0.25) is 5.91 Å². The van der Waals surface area contributed by atoms with Crippen molar-refractivity contribution < 1.29 is 19.5 Å². The summed E-state index contributed by atoms with van der Waals surface area (Å²) >= 11 is 0. The number of anilines is 2. The summed E-state index contributed by atoms with van der Waals surface area (Å²) in [5, 5.41) is 11.1. The number of nitrogens with zero attached hydrogens (tertiary/aromatic N) is 1. The second kappa shape index (κ2) is 7.92. The SMILES string of the molecule is CN(C(=O)c1ccc(NC(=O)CCC(=O)O)cc1)c1ccccc1. The van der Waals surface area contributed by atoms with Gasteiger partial charge in [0.15, 0.2) is 0 Å². The van der Waals surface area contributed by atoms with Gasteiger partial charge in [0.1, 0.15) is 0 Å². The van der Waals surface area contributed by atoms with Crippen LogP contribution in [0.25, 0.3) is 0 Å². The average molecular weight is 326 g/mol. The average Bonchev–Trinajstić information content (AvgIpc) is 2.60. The number of carbonyl (C=O) groups excluding carboxylic acids is 2. The molecule has 0 unspecified atom stereocenters. The molecular formula is C18H18N2O4. The molecule has 124 valence electrons. The predicted molar refractivity (Wildman–Crippen MR) is 91.1 cm³/mol. The van der Waals surface area contributed by atoms with Crippen molar-refractivity contribution in [3.63, 3.8) is 0 Å². The maximum absolute atomic E-state index is 12.4. The fourth-order valence-electron chi connectivity index (χ4n) is 2.10. The number of carboxylic acid groups (broad SMARTS) is 1. The van der Waals surface area contributed by atoms with Crippen LogP contribution in [-0.4, -0.2) is 29.9 Å². The molecule has 0 aliphatic carbocycles. The highest BCUT2D eigenvalue weighted by molar-refractivity contribution is 6.06. The number of para-hydroxylation sites is 1. The van der Waals surface area contributed by atoms with Crippen molar-refractivity contribution in [1.82, 2.24) is 0 Å². The summed E-state index contributed by atoms with van der Waals surface area (Å²) in [5.41, 5.74) is 1.79. The summed E-state index contributed by atoms with van der Waals surface area (Å²) in [7, 11) is 1.69. The summed E-state index contributed by atoms with van der Waals surface area (Å²) in [6, 6.07) is 15.7. The molecule has 0 atom stereocenters. The number of rotatable bonds is 6. The highest BCUT2D eigenvalue weighted by Crippen LogP contribution is 2.16. The summed E-state index contributed by atoms with van der Waals surface area (Å²) in [6.07, 6.45) is -0.308. The molecule has 0 aliphatic heterocycles. The molecule has 6 nitrogen and oxygen atoms in total. The Balaban J connectivity index is 2.00. The molecule has 0 heterocycles. The lowest BCUT2D eigenvalue weighted by Gasteiger charge is -2.17. The third-order valence-corrected chi connectivity index (χ3v) is 3.43. The van der Waals surface area contributed by atoms with Crippen molar-refractivity contribution in [1.29, 1.82) is 0 Å². The summed E-state index contributed by atoms with van der Waals surface area (Å²) in [4.78, 5) is 36.0. The number of nitrogens with one attached hydrogen (secondary N) is 1. The van der Waals surface area contributed by atoms with Gasteiger partial charge in [-0.15, -0.1) is 0 Å². The van der Waals surface area contributed by atoms with Crippen molar-refractivity contribution in [2.45, 2.75) is 12.8 Å². The highest BCUT2D eigenvalue weighted by atomic mass is 16.4. The monoisotopic (exact) mass is 326 g/mol. The molecule has 0 saturated heterocycles. The van der Waals surface area contributed by atoms with E-state index < -0.39 is 5.97 Å². The number of carbonyl (C=O) groups is 3. The molecule has 0 bridgehead atoms. The molecule has 0 aliphatic rings. The Bertz CT molecular complexity index is 726. The smallest absolute Gasteiger partial charge is 0.303 e. The van der Waals surface area contributed by atoms with E-state index in [9.17, 15) is 14.4 Å². The second-order valence-electron chi connectivity index (χ2n) is 5.22. The van der Waals surface area contributed by atoms with Crippen LogP contribution in [0.3, 0.4) is 0 Å². The Morgan fingerprint density at radius 3 is 2.17 bits per heavy atom. The van der Waals surface area contributed by atoms with Gasteiger partial charge in [-0.25, -0.2) is 0 Å². The van der Waals surface area contributed by atoms with Gasteiger partial charge in [0.05, 0.1) is 6.42 Å². The fourth-order valence-corrected chi connectivity index (χ4v) is 2.10. The third kappa shape index (κ3) is 4.67. The van der Waals surface area contributed by atoms with Gasteiger partial charge in [0.25, 0.3) is 5.91 Å². The van der Waals surface area contributed by atoms with Crippen molar-refractivity contribution >= 4 is 29.2 Å². The van der Waals surface area contributed by atoms with Gasteiger partial charge in [-0.1, -0.05) is 18.2 Å². The van der Waals surface area contributed by atoms with E-state index >= 15 is 0 Å². The third-order valence-electron chi connectivity index (χ3n) is 3.43. The fraction of sp³-hybridized carbons (Fsp3) is 0.167. The zero-order valence-corrected chi connectivity index (χ0v) is 13.2. The van der Waals surface area contributed by atoms with Crippen LogP contribution in [0.2, 0.25) is 0 Å². The Morgan fingerprint density at radius 1 is 0.958 bits per heavy atom. The molecule has 0 radical (unpaired) electrons. The zero-order valence-electron chi connectivity index (χ0n) is 13.2. The van der Waals surface area contributed by atoms with Gasteiger partial charge in [-0.2, -0.15) is 0 Å². The van der Waals surface area contributed by atoms with Crippen LogP contribution in [0.15, 0.2) is 54.6 Å². The Morgan fingerprint density at radius 2 is 1.58 bits per heavy atom. The van der Waals surface area contributed by atoms with Gasteiger partial charge >= 0.3 is 5.97 Å². The minimum absolute atomic E-state index is 0.0905. The molecule has 2 rings (SSSR count). The lowest BCUT2D eigenvalue weighted by atomic mass is 10.1. The van der Waals surface area contributed by atoms with Crippen LogP contribution in [0.5, 0.6) is 0 Å². The van der Waals surface area contributed by atoms with Crippen molar-refractivity contribution in [3.8, 4) is 0 Å². The van der Waals surface area contributed by atoms with Gasteiger partial charge in [-0.05, 0) is 36.4 Å². The van der Waals surface area contributed by atoms with Crippen molar-refractivity contribution in [2.75, 3.05) is 17.3 Å². The van der Waals surface area contributed by atoms with Gasteiger partial charge < -0.3 is 15.3 Å². The number of benzene rings is 2. The standard InChI is InChI=1S/C18H18N2O4/c1-20(15-5-3-2-4-6-15)18(24)13-7-9-14(10-8-13)19-16(21)11-12-17(22)23/h2-10H,11-12H2,1H3,(H,19,21)(H,22,23). The van der Waals surface area contributed by atoms with Crippen LogP contribution < -0.4 is 10.2 Å². The van der Waals surface area contributed by atoms with Crippen LogP contribution in [-0.2, 0) is 9.59 Å².